The largest absolute Gasteiger partial charge is 0.465 e. The average molecular weight is 400 g/mol. The van der Waals surface area contributed by atoms with Gasteiger partial charge in [0.05, 0.1) is 24.3 Å². The Balaban J connectivity index is 2.32. The van der Waals surface area contributed by atoms with Gasteiger partial charge in [-0.3, -0.25) is 9.59 Å². The molecule has 0 amide bonds. The van der Waals surface area contributed by atoms with Gasteiger partial charge in [0.1, 0.15) is 6.61 Å². The van der Waals surface area contributed by atoms with Gasteiger partial charge in [-0.1, -0.05) is 27.7 Å². The quantitative estimate of drug-likeness (QED) is 0.656. The molecule has 2 aliphatic heterocycles. The highest BCUT2D eigenvalue weighted by Crippen LogP contribution is 2.54. The van der Waals surface area contributed by atoms with E-state index in [1.54, 1.807) is 0 Å². The zero-order chi connectivity index (χ0) is 21.4. The molecule has 0 aromatic carbocycles. The highest BCUT2D eigenvalue weighted by atomic mass is 16.7. The summed E-state index contributed by atoms with van der Waals surface area (Å²) in [7, 11) is 0. The molecule has 3 atom stereocenters. The highest BCUT2D eigenvalue weighted by Gasteiger charge is 2.64. The summed E-state index contributed by atoms with van der Waals surface area (Å²) in [6.07, 6.45) is 2.14. The molecule has 7 nitrogen and oxygen atoms in total. The minimum atomic E-state index is -0.776. The number of hydrogen-bond acceptors (Lipinski definition) is 7. The van der Waals surface area contributed by atoms with E-state index in [9.17, 15) is 9.59 Å². The predicted molar refractivity (Wildman–Crippen MR) is 104 cm³/mol. The Kier molecular flexibility index (Phi) is 6.53. The number of carbonyl (C=O) groups excluding carboxylic acids is 2. The fourth-order valence-electron chi connectivity index (χ4n) is 4.47. The molecule has 2 aliphatic rings. The molecule has 0 bridgehead atoms. The standard InChI is InChI=1S/C21H37NO6/c1-9-19(7)11-21(15(3)20(8,10-2)22(19)28-17(5)24)26-13-18(6,14-27-21)12-25-16(4)23/h15H,9-14H2,1-8H3. The molecule has 0 N–H and O–H groups in total. The number of hydrogen-bond donors (Lipinski definition) is 0. The van der Waals surface area contributed by atoms with Crippen LogP contribution in [0.3, 0.4) is 0 Å². The third kappa shape index (κ3) is 4.07. The Morgan fingerprint density at radius 2 is 1.61 bits per heavy atom. The molecule has 1 spiro atoms. The number of carbonyl (C=O) groups is 2. The summed E-state index contributed by atoms with van der Waals surface area (Å²) in [5, 5.41) is 1.89. The van der Waals surface area contributed by atoms with Gasteiger partial charge in [0.25, 0.3) is 0 Å². The van der Waals surface area contributed by atoms with E-state index in [0.29, 0.717) is 19.6 Å². The molecule has 0 aliphatic carbocycles. The second-order valence-electron chi connectivity index (χ2n) is 9.32. The van der Waals surface area contributed by atoms with Gasteiger partial charge in [0, 0.05) is 31.6 Å². The topological polar surface area (TPSA) is 74.3 Å². The first kappa shape index (κ1) is 23.1. The summed E-state index contributed by atoms with van der Waals surface area (Å²) in [6, 6.07) is 0. The van der Waals surface area contributed by atoms with Crippen LogP contribution in [0.2, 0.25) is 0 Å². The monoisotopic (exact) mass is 399 g/mol. The second-order valence-corrected chi connectivity index (χ2v) is 9.32. The number of rotatable bonds is 5. The summed E-state index contributed by atoms with van der Waals surface area (Å²) in [5.74, 6) is -1.44. The van der Waals surface area contributed by atoms with Crippen molar-refractivity contribution < 1.29 is 28.6 Å². The Labute approximate surface area is 169 Å². The molecule has 2 rings (SSSR count). The maximum Gasteiger partial charge on any atom is 0.322 e. The van der Waals surface area contributed by atoms with Crippen LogP contribution in [-0.2, 0) is 28.6 Å². The van der Waals surface area contributed by atoms with Gasteiger partial charge >= 0.3 is 11.9 Å². The van der Waals surface area contributed by atoms with Gasteiger partial charge in [-0.25, -0.2) is 0 Å². The molecular weight excluding hydrogens is 362 g/mol. The molecule has 28 heavy (non-hydrogen) atoms. The van der Waals surface area contributed by atoms with Gasteiger partial charge in [-0.15, -0.1) is 5.06 Å². The van der Waals surface area contributed by atoms with Crippen molar-refractivity contribution in [3.05, 3.63) is 0 Å². The Bertz CT molecular complexity index is 600. The zero-order valence-electron chi connectivity index (χ0n) is 18.7. The van der Waals surface area contributed by atoms with Gasteiger partial charge in [0.2, 0.25) is 0 Å². The SMILES string of the molecule is CCC1(C)CC2(OCC(C)(COC(C)=O)CO2)C(C)C(C)(CC)N1OC(C)=O. The molecule has 0 radical (unpaired) electrons. The van der Waals surface area contributed by atoms with Crippen LogP contribution in [0.4, 0.5) is 0 Å². The lowest BCUT2D eigenvalue weighted by atomic mass is 9.67. The van der Waals surface area contributed by atoms with Crippen molar-refractivity contribution in [3.63, 3.8) is 0 Å². The van der Waals surface area contributed by atoms with E-state index in [1.165, 1.54) is 13.8 Å². The van der Waals surface area contributed by atoms with Crippen LogP contribution < -0.4 is 0 Å². The van der Waals surface area contributed by atoms with Crippen molar-refractivity contribution in [2.75, 3.05) is 19.8 Å². The summed E-state index contributed by atoms with van der Waals surface area (Å²) < 4.78 is 18.1. The van der Waals surface area contributed by atoms with Gasteiger partial charge in [-0.2, -0.15) is 0 Å². The molecule has 0 saturated carbocycles. The molecule has 2 saturated heterocycles. The third-order valence-corrected chi connectivity index (χ3v) is 6.83. The minimum Gasteiger partial charge on any atom is -0.465 e. The van der Waals surface area contributed by atoms with Crippen LogP contribution in [0, 0.1) is 11.3 Å². The Morgan fingerprint density at radius 1 is 1.04 bits per heavy atom. The summed E-state index contributed by atoms with van der Waals surface area (Å²) in [4.78, 5) is 28.8. The van der Waals surface area contributed by atoms with Crippen molar-refractivity contribution in [2.45, 2.75) is 91.5 Å². The van der Waals surface area contributed by atoms with E-state index in [0.717, 1.165) is 12.8 Å². The first-order valence-corrected chi connectivity index (χ1v) is 10.3. The second kappa shape index (κ2) is 7.92. The Morgan fingerprint density at radius 3 is 2.04 bits per heavy atom. The first-order chi connectivity index (χ1) is 12.9. The van der Waals surface area contributed by atoms with Crippen LogP contribution >= 0.6 is 0 Å². The normalized spacial score (nSPS) is 41.6. The Hall–Kier alpha value is -1.18. The lowest BCUT2D eigenvalue weighted by Crippen LogP contribution is -2.74. The van der Waals surface area contributed by atoms with E-state index >= 15 is 0 Å². The van der Waals surface area contributed by atoms with E-state index < -0.39 is 16.9 Å². The smallest absolute Gasteiger partial charge is 0.322 e. The summed E-state index contributed by atoms with van der Waals surface area (Å²) in [6.45, 7) is 16.5. The predicted octanol–water partition coefficient (Wildman–Crippen LogP) is 3.46. The van der Waals surface area contributed by atoms with E-state index in [-0.39, 0.29) is 29.9 Å². The van der Waals surface area contributed by atoms with Gasteiger partial charge in [0.15, 0.2) is 5.79 Å². The maximum atomic E-state index is 11.8. The number of ether oxygens (including phenoxy) is 3. The van der Waals surface area contributed by atoms with Crippen molar-refractivity contribution in [1.82, 2.24) is 5.06 Å². The van der Waals surface area contributed by atoms with Crippen molar-refractivity contribution >= 4 is 11.9 Å². The van der Waals surface area contributed by atoms with Crippen LogP contribution in [-0.4, -0.2) is 53.7 Å². The third-order valence-electron chi connectivity index (χ3n) is 6.83. The molecule has 2 heterocycles. The lowest BCUT2D eigenvalue weighted by molar-refractivity contribution is -0.401. The van der Waals surface area contributed by atoms with Crippen molar-refractivity contribution in [1.29, 1.82) is 0 Å². The van der Waals surface area contributed by atoms with Crippen LogP contribution in [0.25, 0.3) is 0 Å². The van der Waals surface area contributed by atoms with Crippen molar-refractivity contribution in [2.24, 2.45) is 11.3 Å². The van der Waals surface area contributed by atoms with E-state index in [1.807, 2.05) is 12.0 Å². The van der Waals surface area contributed by atoms with Crippen LogP contribution in [0.5, 0.6) is 0 Å². The summed E-state index contributed by atoms with van der Waals surface area (Å²) >= 11 is 0. The first-order valence-electron chi connectivity index (χ1n) is 10.3. The molecular formula is C21H37NO6. The van der Waals surface area contributed by atoms with Gasteiger partial charge in [-0.05, 0) is 26.7 Å². The maximum absolute atomic E-state index is 11.8. The minimum absolute atomic E-state index is 0.0396. The van der Waals surface area contributed by atoms with Crippen molar-refractivity contribution in [3.8, 4) is 0 Å². The zero-order valence-corrected chi connectivity index (χ0v) is 18.7. The molecule has 3 unspecified atom stereocenters. The summed E-state index contributed by atoms with van der Waals surface area (Å²) in [5.41, 5.74) is -1.25. The number of esters is 1. The molecule has 2 fully saturated rings. The average Bonchev–Trinajstić information content (AvgIpc) is 2.64. The fraction of sp³-hybridized carbons (Fsp3) is 0.905. The number of nitrogens with zero attached hydrogens (tertiary/aromatic N) is 1. The van der Waals surface area contributed by atoms with Crippen LogP contribution in [0.15, 0.2) is 0 Å². The molecule has 162 valence electrons. The number of hydroxylamine groups is 2. The molecule has 0 aromatic heterocycles. The molecule has 7 heteroatoms. The highest BCUT2D eigenvalue weighted by molar-refractivity contribution is 5.66. The van der Waals surface area contributed by atoms with Gasteiger partial charge < -0.3 is 19.0 Å². The van der Waals surface area contributed by atoms with Crippen LogP contribution in [0.1, 0.15) is 74.7 Å². The lowest BCUT2D eigenvalue weighted by Gasteiger charge is -2.63. The van der Waals surface area contributed by atoms with E-state index in [4.69, 9.17) is 19.0 Å². The molecule has 0 aromatic rings. The van der Waals surface area contributed by atoms with E-state index in [2.05, 4.69) is 34.6 Å². The fourth-order valence-corrected chi connectivity index (χ4v) is 4.47. The number of piperidine rings is 1.